The van der Waals surface area contributed by atoms with Crippen LogP contribution in [-0.2, 0) is 20.8 Å². The Kier molecular flexibility index (Phi) is 14.2. The Morgan fingerprint density at radius 1 is 0.825 bits per heavy atom. The summed E-state index contributed by atoms with van der Waals surface area (Å²) in [5, 5.41) is 16.0. The molecule has 218 valence electrons. The van der Waals surface area contributed by atoms with E-state index in [9.17, 15) is 14.4 Å². The lowest BCUT2D eigenvalue weighted by atomic mass is 9.89. The second-order valence-corrected chi connectivity index (χ2v) is 9.93. The summed E-state index contributed by atoms with van der Waals surface area (Å²) in [6.07, 6.45) is 3.51. The molecule has 0 bridgehead atoms. The fourth-order valence-electron chi connectivity index (χ4n) is 4.50. The largest absolute Gasteiger partial charge is 0.370 e. The van der Waals surface area contributed by atoms with E-state index in [1.165, 1.54) is 0 Å². The Morgan fingerprint density at radius 2 is 1.48 bits per heavy atom. The Morgan fingerprint density at radius 3 is 2.08 bits per heavy atom. The van der Waals surface area contributed by atoms with Gasteiger partial charge in [0.05, 0.1) is 12.0 Å². The minimum absolute atomic E-state index is 0.140. The molecule has 0 aromatic heterocycles. The van der Waals surface area contributed by atoms with Gasteiger partial charge in [0, 0.05) is 12.6 Å². The van der Waals surface area contributed by atoms with Crippen LogP contribution in [0.15, 0.2) is 60.7 Å². The van der Waals surface area contributed by atoms with E-state index in [0.29, 0.717) is 51.6 Å². The summed E-state index contributed by atoms with van der Waals surface area (Å²) in [7, 11) is 0. The van der Waals surface area contributed by atoms with Gasteiger partial charge in [-0.3, -0.25) is 19.8 Å². The summed E-state index contributed by atoms with van der Waals surface area (Å²) in [6, 6.07) is 16.7. The van der Waals surface area contributed by atoms with Crippen molar-refractivity contribution in [3.05, 3.63) is 71.8 Å². The number of nitrogens with two attached hydrogens (primary N) is 4. The second-order valence-electron chi connectivity index (χ2n) is 9.93. The number of benzene rings is 2. The lowest BCUT2D eigenvalue weighted by Crippen LogP contribution is -2.49. The standard InChI is InChI=1S/C29H44N8O3/c30-16-8-7-15-25(26(32)38)37-27(39)23(21-12-5-2-6-13-21)19-22(14-9-17-35-29(33)34)36-28(40)24(31)18-20-10-3-1-4-11-20/h1-6,10-13,22-25H,7-9,14-19,30-31H2,(H2,32,38)(H,36,40)(H,37,39)(H4,33,34,35). The lowest BCUT2D eigenvalue weighted by molar-refractivity contribution is -0.129. The van der Waals surface area contributed by atoms with Crippen molar-refractivity contribution in [3.8, 4) is 0 Å². The van der Waals surface area contributed by atoms with E-state index in [4.69, 9.17) is 28.3 Å². The highest BCUT2D eigenvalue weighted by atomic mass is 16.2. The molecule has 2 aromatic carbocycles. The molecule has 11 nitrogen and oxygen atoms in total. The molecule has 0 fully saturated rings. The third-order valence-electron chi connectivity index (χ3n) is 6.67. The number of rotatable bonds is 18. The number of unbranched alkanes of at least 4 members (excludes halogenated alkanes) is 1. The molecule has 11 heteroatoms. The van der Waals surface area contributed by atoms with Gasteiger partial charge in [0.1, 0.15) is 6.04 Å². The molecule has 0 saturated heterocycles. The minimum Gasteiger partial charge on any atom is -0.370 e. The highest BCUT2D eigenvalue weighted by Gasteiger charge is 2.29. The molecular weight excluding hydrogens is 508 g/mol. The smallest absolute Gasteiger partial charge is 0.239 e. The number of nitrogens with one attached hydrogen (secondary N) is 4. The van der Waals surface area contributed by atoms with Crippen LogP contribution in [0.25, 0.3) is 0 Å². The Bertz CT molecular complexity index is 1070. The first kappa shape index (κ1) is 32.3. The second kappa shape index (κ2) is 17.6. The van der Waals surface area contributed by atoms with Crippen molar-refractivity contribution < 1.29 is 14.4 Å². The summed E-state index contributed by atoms with van der Waals surface area (Å²) < 4.78 is 0. The van der Waals surface area contributed by atoms with Gasteiger partial charge in [-0.25, -0.2) is 0 Å². The van der Waals surface area contributed by atoms with Gasteiger partial charge in [0.25, 0.3) is 0 Å². The summed E-state index contributed by atoms with van der Waals surface area (Å²) in [4.78, 5) is 38.8. The van der Waals surface area contributed by atoms with Crippen LogP contribution in [0.3, 0.4) is 0 Å². The summed E-state index contributed by atoms with van der Waals surface area (Å²) in [5.74, 6) is -2.08. The fourth-order valence-corrected chi connectivity index (χ4v) is 4.50. The highest BCUT2D eigenvalue weighted by molar-refractivity contribution is 5.90. The average Bonchev–Trinajstić information content (AvgIpc) is 2.93. The van der Waals surface area contributed by atoms with Crippen LogP contribution in [-0.4, -0.2) is 54.9 Å². The summed E-state index contributed by atoms with van der Waals surface area (Å²) >= 11 is 0. The monoisotopic (exact) mass is 552 g/mol. The molecule has 2 rings (SSSR count). The van der Waals surface area contributed by atoms with Gasteiger partial charge in [-0.15, -0.1) is 0 Å². The van der Waals surface area contributed by atoms with Crippen LogP contribution in [0.5, 0.6) is 0 Å². The van der Waals surface area contributed by atoms with Crippen molar-refractivity contribution in [3.63, 3.8) is 0 Å². The van der Waals surface area contributed by atoms with Crippen molar-refractivity contribution in [1.82, 2.24) is 16.0 Å². The molecular formula is C29H44N8O3. The maximum absolute atomic E-state index is 13.6. The van der Waals surface area contributed by atoms with Gasteiger partial charge < -0.3 is 38.9 Å². The zero-order chi connectivity index (χ0) is 29.3. The Hall–Kier alpha value is -3.96. The van der Waals surface area contributed by atoms with Crippen LogP contribution in [0.1, 0.15) is 55.6 Å². The normalized spacial score (nSPS) is 13.8. The number of carbonyl (C=O) groups excluding carboxylic acids is 3. The molecule has 12 N–H and O–H groups in total. The molecule has 4 atom stereocenters. The Balaban J connectivity index is 2.21. The predicted molar refractivity (Wildman–Crippen MR) is 157 cm³/mol. The van der Waals surface area contributed by atoms with E-state index in [-0.39, 0.29) is 24.2 Å². The van der Waals surface area contributed by atoms with Crippen LogP contribution in [0.2, 0.25) is 0 Å². The van der Waals surface area contributed by atoms with Gasteiger partial charge in [-0.1, -0.05) is 60.7 Å². The minimum atomic E-state index is -0.822. The predicted octanol–water partition coefficient (Wildman–Crippen LogP) is 0.577. The van der Waals surface area contributed by atoms with Gasteiger partial charge in [-0.2, -0.15) is 0 Å². The molecule has 0 aliphatic heterocycles. The van der Waals surface area contributed by atoms with Crippen LogP contribution >= 0.6 is 0 Å². The first-order valence-corrected chi connectivity index (χ1v) is 13.7. The van der Waals surface area contributed by atoms with Gasteiger partial charge in [0.2, 0.25) is 17.7 Å². The van der Waals surface area contributed by atoms with Crippen molar-refractivity contribution >= 4 is 23.7 Å². The lowest BCUT2D eigenvalue weighted by Gasteiger charge is -2.27. The topological polar surface area (TPSA) is 215 Å². The van der Waals surface area contributed by atoms with Crippen LogP contribution < -0.4 is 38.9 Å². The van der Waals surface area contributed by atoms with Gasteiger partial charge in [-0.05, 0) is 62.6 Å². The van der Waals surface area contributed by atoms with E-state index in [1.807, 2.05) is 60.7 Å². The van der Waals surface area contributed by atoms with Crippen molar-refractivity contribution in [1.29, 1.82) is 5.41 Å². The molecule has 3 amide bonds. The fraction of sp³-hybridized carbons (Fsp3) is 0.448. The number of primary amides is 1. The quantitative estimate of drug-likeness (QED) is 0.0746. The van der Waals surface area contributed by atoms with E-state index in [1.54, 1.807) is 0 Å². The SMILES string of the molecule is N=C(N)NCCCC(CC(C(=O)NC(CCCCN)C(N)=O)c1ccccc1)NC(=O)C(N)Cc1ccccc1. The van der Waals surface area contributed by atoms with Gasteiger partial charge in [0.15, 0.2) is 5.96 Å². The van der Waals surface area contributed by atoms with Crippen molar-refractivity contribution in [2.24, 2.45) is 22.9 Å². The average molecular weight is 553 g/mol. The molecule has 0 heterocycles. The summed E-state index contributed by atoms with van der Waals surface area (Å²) in [5.41, 5.74) is 24.5. The zero-order valence-corrected chi connectivity index (χ0v) is 23.0. The number of hydrogen-bond donors (Lipinski definition) is 8. The highest BCUT2D eigenvalue weighted by Crippen LogP contribution is 2.24. The number of hydrogen-bond acceptors (Lipinski definition) is 6. The molecule has 4 unspecified atom stereocenters. The van der Waals surface area contributed by atoms with Crippen LogP contribution in [0, 0.1) is 5.41 Å². The number of amides is 3. The maximum atomic E-state index is 13.6. The first-order valence-electron chi connectivity index (χ1n) is 13.7. The third-order valence-corrected chi connectivity index (χ3v) is 6.67. The molecule has 0 aliphatic rings. The molecule has 0 aliphatic carbocycles. The van der Waals surface area contributed by atoms with Crippen molar-refractivity contribution in [2.75, 3.05) is 13.1 Å². The van der Waals surface area contributed by atoms with Gasteiger partial charge >= 0.3 is 0 Å². The molecule has 2 aromatic rings. The van der Waals surface area contributed by atoms with E-state index in [0.717, 1.165) is 11.1 Å². The molecule has 0 radical (unpaired) electrons. The summed E-state index contributed by atoms with van der Waals surface area (Å²) in [6.45, 7) is 0.920. The van der Waals surface area contributed by atoms with E-state index in [2.05, 4.69) is 16.0 Å². The Labute approximate surface area is 236 Å². The molecule has 0 saturated carbocycles. The maximum Gasteiger partial charge on any atom is 0.239 e. The number of carbonyl (C=O) groups is 3. The van der Waals surface area contributed by atoms with E-state index >= 15 is 0 Å². The third kappa shape index (κ3) is 11.8. The molecule has 40 heavy (non-hydrogen) atoms. The molecule has 0 spiro atoms. The number of guanidine groups is 1. The zero-order valence-electron chi connectivity index (χ0n) is 23.0. The van der Waals surface area contributed by atoms with E-state index < -0.39 is 30.0 Å². The van der Waals surface area contributed by atoms with Crippen LogP contribution in [0.4, 0.5) is 0 Å². The first-order chi connectivity index (χ1) is 19.2. The van der Waals surface area contributed by atoms with Crippen molar-refractivity contribution in [2.45, 2.75) is 69.0 Å².